The van der Waals surface area contributed by atoms with Crippen molar-refractivity contribution in [2.24, 2.45) is 0 Å². The van der Waals surface area contributed by atoms with Crippen molar-refractivity contribution in [3.63, 3.8) is 0 Å². The number of benzene rings is 1. The van der Waals surface area contributed by atoms with Crippen LogP contribution in [-0.2, 0) is 6.54 Å². The lowest BCUT2D eigenvalue weighted by molar-refractivity contribution is 0.650. The normalized spacial score (nSPS) is 15.7. The first kappa shape index (κ1) is 8.73. The number of nitrogens with one attached hydrogen (secondary N) is 1. The molecule has 0 atom stereocenters. The highest BCUT2D eigenvalue weighted by Crippen LogP contribution is 2.18. The molecule has 0 aliphatic heterocycles. The molecule has 0 unspecified atom stereocenters. The Bertz CT molecular complexity index is 479. The monoisotopic (exact) mass is 200 g/mol. The molecule has 4 nitrogen and oxygen atoms in total. The Balaban J connectivity index is 1.84. The summed E-state index contributed by atoms with van der Waals surface area (Å²) in [6.07, 6.45) is 2.56. The average molecular weight is 200 g/mol. The summed E-state index contributed by atoms with van der Waals surface area (Å²) in [7, 11) is 0. The van der Waals surface area contributed by atoms with Gasteiger partial charge in [-0.3, -0.25) is 0 Å². The van der Waals surface area contributed by atoms with Crippen molar-refractivity contribution < 1.29 is 0 Å². The summed E-state index contributed by atoms with van der Waals surface area (Å²) in [5.41, 5.74) is 1.77. The van der Waals surface area contributed by atoms with Crippen molar-refractivity contribution in [3.05, 3.63) is 30.1 Å². The highest BCUT2D eigenvalue weighted by Gasteiger charge is 2.20. The summed E-state index contributed by atoms with van der Waals surface area (Å²) in [6, 6.07) is 8.48. The second kappa shape index (κ2) is 3.55. The first-order chi connectivity index (χ1) is 7.42. The quantitative estimate of drug-likeness (QED) is 0.810. The van der Waals surface area contributed by atoms with Gasteiger partial charge in [-0.2, -0.15) is 0 Å². The number of hydrogen-bond acceptors (Lipinski definition) is 4. The van der Waals surface area contributed by atoms with Crippen molar-refractivity contribution in [2.75, 3.05) is 0 Å². The van der Waals surface area contributed by atoms with Crippen LogP contribution >= 0.6 is 0 Å². The number of aromatic nitrogens is 3. The van der Waals surface area contributed by atoms with Crippen LogP contribution in [0.1, 0.15) is 18.7 Å². The average Bonchev–Trinajstić information content (AvgIpc) is 3.10. The molecule has 0 saturated heterocycles. The molecule has 0 radical (unpaired) electrons. The van der Waals surface area contributed by atoms with Gasteiger partial charge in [0, 0.05) is 6.04 Å². The molecule has 3 rings (SSSR count). The lowest BCUT2D eigenvalue weighted by atomic mass is 10.3. The number of rotatable bonds is 3. The van der Waals surface area contributed by atoms with Gasteiger partial charge in [-0.25, -0.2) is 4.98 Å². The zero-order valence-electron chi connectivity index (χ0n) is 8.35. The van der Waals surface area contributed by atoms with Crippen LogP contribution in [0.3, 0.4) is 0 Å². The van der Waals surface area contributed by atoms with Crippen LogP contribution in [0.2, 0.25) is 0 Å². The second-order valence-corrected chi connectivity index (χ2v) is 3.87. The molecule has 0 amide bonds. The summed E-state index contributed by atoms with van der Waals surface area (Å²) < 4.78 is 0. The van der Waals surface area contributed by atoms with Gasteiger partial charge in [-0.05, 0) is 25.0 Å². The molecule has 1 fully saturated rings. The fraction of sp³-hybridized carbons (Fsp3) is 0.364. The van der Waals surface area contributed by atoms with Gasteiger partial charge in [0.15, 0.2) is 5.82 Å². The van der Waals surface area contributed by atoms with E-state index in [4.69, 9.17) is 0 Å². The minimum absolute atomic E-state index is 0.681. The van der Waals surface area contributed by atoms with Crippen LogP contribution in [0.25, 0.3) is 11.0 Å². The van der Waals surface area contributed by atoms with E-state index in [-0.39, 0.29) is 0 Å². The van der Waals surface area contributed by atoms with Crippen LogP contribution in [0.5, 0.6) is 0 Å². The van der Waals surface area contributed by atoms with E-state index in [1.54, 1.807) is 0 Å². The zero-order valence-corrected chi connectivity index (χ0v) is 8.35. The Morgan fingerprint density at radius 1 is 1.13 bits per heavy atom. The third-order valence-electron chi connectivity index (χ3n) is 2.53. The first-order valence-electron chi connectivity index (χ1n) is 5.23. The Hall–Kier alpha value is -1.55. The molecule has 1 aliphatic carbocycles. The molecule has 1 heterocycles. The molecular formula is C11H12N4. The number of fused-ring (bicyclic) bond motifs is 1. The van der Waals surface area contributed by atoms with Crippen LogP contribution in [0, 0.1) is 0 Å². The third kappa shape index (κ3) is 1.94. The third-order valence-corrected chi connectivity index (χ3v) is 2.53. The Morgan fingerprint density at radius 3 is 2.73 bits per heavy atom. The van der Waals surface area contributed by atoms with E-state index < -0.39 is 0 Å². The molecule has 1 aromatic carbocycles. The number of nitrogens with zero attached hydrogens (tertiary/aromatic N) is 3. The molecule has 4 heteroatoms. The van der Waals surface area contributed by atoms with Crippen molar-refractivity contribution in [1.29, 1.82) is 0 Å². The van der Waals surface area contributed by atoms with Gasteiger partial charge < -0.3 is 5.32 Å². The summed E-state index contributed by atoms with van der Waals surface area (Å²) in [4.78, 5) is 4.44. The van der Waals surface area contributed by atoms with E-state index in [0.29, 0.717) is 6.04 Å². The molecule has 2 aromatic rings. The van der Waals surface area contributed by atoms with Gasteiger partial charge in [-0.15, -0.1) is 10.2 Å². The number of hydrogen-bond donors (Lipinski definition) is 1. The lowest BCUT2D eigenvalue weighted by Gasteiger charge is -2.01. The predicted molar refractivity (Wildman–Crippen MR) is 57.2 cm³/mol. The van der Waals surface area contributed by atoms with Crippen molar-refractivity contribution >= 4 is 11.0 Å². The largest absolute Gasteiger partial charge is 0.307 e. The Morgan fingerprint density at radius 2 is 1.93 bits per heavy atom. The maximum Gasteiger partial charge on any atom is 0.165 e. The first-order valence-corrected chi connectivity index (χ1v) is 5.23. The highest BCUT2D eigenvalue weighted by atomic mass is 15.2. The summed E-state index contributed by atoms with van der Waals surface area (Å²) in [5, 5.41) is 11.6. The van der Waals surface area contributed by atoms with E-state index in [1.807, 2.05) is 24.3 Å². The SMILES string of the molecule is c1ccc2nc(CNC3CC3)nnc2c1. The predicted octanol–water partition coefficient (Wildman–Crippen LogP) is 1.28. The van der Waals surface area contributed by atoms with Crippen LogP contribution in [0.15, 0.2) is 24.3 Å². The molecule has 15 heavy (non-hydrogen) atoms. The van der Waals surface area contributed by atoms with Gasteiger partial charge in [0.05, 0.1) is 12.1 Å². The van der Waals surface area contributed by atoms with Crippen molar-refractivity contribution in [1.82, 2.24) is 20.5 Å². The fourth-order valence-corrected chi connectivity index (χ4v) is 1.51. The minimum atomic E-state index is 0.681. The smallest absolute Gasteiger partial charge is 0.165 e. The maximum atomic E-state index is 4.44. The van der Waals surface area contributed by atoms with Gasteiger partial charge in [-0.1, -0.05) is 12.1 Å². The molecule has 1 N–H and O–H groups in total. The molecule has 1 saturated carbocycles. The lowest BCUT2D eigenvalue weighted by Crippen LogP contribution is -2.17. The zero-order chi connectivity index (χ0) is 10.1. The highest BCUT2D eigenvalue weighted by molar-refractivity contribution is 5.72. The number of para-hydroxylation sites is 1. The van der Waals surface area contributed by atoms with E-state index in [2.05, 4.69) is 20.5 Å². The molecule has 0 spiro atoms. The Labute approximate surface area is 87.7 Å². The van der Waals surface area contributed by atoms with E-state index in [1.165, 1.54) is 12.8 Å². The fourth-order valence-electron chi connectivity index (χ4n) is 1.51. The Kier molecular flexibility index (Phi) is 2.07. The molecule has 76 valence electrons. The van der Waals surface area contributed by atoms with Crippen molar-refractivity contribution in [3.8, 4) is 0 Å². The summed E-state index contributed by atoms with van der Waals surface area (Å²) in [5.74, 6) is 0.778. The van der Waals surface area contributed by atoms with E-state index >= 15 is 0 Å². The molecule has 0 bridgehead atoms. The van der Waals surface area contributed by atoms with Gasteiger partial charge in [0.2, 0.25) is 0 Å². The summed E-state index contributed by atoms with van der Waals surface area (Å²) in [6.45, 7) is 0.725. The summed E-state index contributed by atoms with van der Waals surface area (Å²) >= 11 is 0. The van der Waals surface area contributed by atoms with E-state index in [9.17, 15) is 0 Å². The van der Waals surface area contributed by atoms with Crippen molar-refractivity contribution in [2.45, 2.75) is 25.4 Å². The standard InChI is InChI=1S/C11H12N4/c1-2-4-10-9(3-1)13-11(15-14-10)7-12-8-5-6-8/h1-4,8,12H,5-7H2. The van der Waals surface area contributed by atoms with Gasteiger partial charge in [0.1, 0.15) is 5.52 Å². The second-order valence-electron chi connectivity index (χ2n) is 3.87. The van der Waals surface area contributed by atoms with Gasteiger partial charge >= 0.3 is 0 Å². The molecule has 1 aliphatic rings. The molecule has 1 aromatic heterocycles. The van der Waals surface area contributed by atoms with E-state index in [0.717, 1.165) is 23.4 Å². The van der Waals surface area contributed by atoms with Crippen LogP contribution in [0.4, 0.5) is 0 Å². The van der Waals surface area contributed by atoms with Gasteiger partial charge in [0.25, 0.3) is 0 Å². The van der Waals surface area contributed by atoms with Crippen LogP contribution in [-0.4, -0.2) is 21.2 Å². The topological polar surface area (TPSA) is 50.7 Å². The van der Waals surface area contributed by atoms with Crippen LogP contribution < -0.4 is 5.32 Å². The minimum Gasteiger partial charge on any atom is -0.307 e. The molecular weight excluding hydrogens is 188 g/mol. The maximum absolute atomic E-state index is 4.44.